The zero-order chi connectivity index (χ0) is 13.2. The lowest BCUT2D eigenvalue weighted by Crippen LogP contribution is -2.46. The van der Waals surface area contributed by atoms with Crippen LogP contribution in [0.25, 0.3) is 0 Å². The molecule has 0 aromatic carbocycles. The van der Waals surface area contributed by atoms with Crippen LogP contribution in [0.3, 0.4) is 0 Å². The van der Waals surface area contributed by atoms with Gasteiger partial charge in [-0.2, -0.15) is 0 Å². The van der Waals surface area contributed by atoms with Gasteiger partial charge in [0.2, 0.25) is 5.91 Å². The van der Waals surface area contributed by atoms with Crippen LogP contribution >= 0.6 is 24.8 Å². The molecule has 0 spiro atoms. The van der Waals surface area contributed by atoms with Gasteiger partial charge in [-0.25, -0.2) is 0 Å². The molecule has 0 bridgehead atoms. The Kier molecular flexibility index (Phi) is 9.82. The second-order valence-corrected chi connectivity index (χ2v) is 5.38. The van der Waals surface area contributed by atoms with E-state index in [1.54, 1.807) is 12.4 Å². The Morgan fingerprint density at radius 3 is 2.14 bits per heavy atom. The molecule has 1 atom stereocenters. The molecule has 0 radical (unpaired) electrons. The van der Waals surface area contributed by atoms with Gasteiger partial charge < -0.3 is 16.9 Å². The largest absolute Gasteiger partial charge is 0.412 e. The minimum atomic E-state index is -0.520. The number of aromatic nitrogens is 1. The third-order valence-corrected chi connectivity index (χ3v) is 4.33. The summed E-state index contributed by atoms with van der Waals surface area (Å²) in [6.45, 7) is 2.04. The molecule has 1 heterocycles. The monoisotopic (exact) mass is 337 g/mol. The molecule has 1 aromatic heterocycles. The molecular formula is C14H25Cl2N3O2. The first-order chi connectivity index (χ1) is 8.56. The van der Waals surface area contributed by atoms with Crippen molar-refractivity contribution in [3.05, 3.63) is 30.1 Å². The van der Waals surface area contributed by atoms with Crippen LogP contribution < -0.4 is 11.5 Å². The van der Waals surface area contributed by atoms with Crippen LogP contribution in [0, 0.1) is 5.92 Å². The fourth-order valence-electron chi connectivity index (χ4n) is 3.01. The van der Waals surface area contributed by atoms with Gasteiger partial charge in [0.15, 0.2) is 0 Å². The molecule has 0 saturated heterocycles. The minimum Gasteiger partial charge on any atom is -0.412 e. The molecule has 2 rings (SSSR count). The number of hydrogen-bond acceptors (Lipinski definition) is 3. The van der Waals surface area contributed by atoms with Crippen molar-refractivity contribution in [3.8, 4) is 0 Å². The Morgan fingerprint density at radius 1 is 1.29 bits per heavy atom. The summed E-state index contributed by atoms with van der Waals surface area (Å²) >= 11 is 0. The van der Waals surface area contributed by atoms with Crippen LogP contribution in [-0.2, 0) is 10.2 Å². The average molecular weight is 338 g/mol. The Hall–Kier alpha value is -0.880. The fourth-order valence-corrected chi connectivity index (χ4v) is 3.01. The number of pyridine rings is 1. The normalized spacial score (nSPS) is 25.5. The van der Waals surface area contributed by atoms with Gasteiger partial charge in [0.25, 0.3) is 0 Å². The van der Waals surface area contributed by atoms with Crippen LogP contribution in [0.1, 0.15) is 38.2 Å². The van der Waals surface area contributed by atoms with E-state index in [-0.39, 0.29) is 42.2 Å². The molecule has 1 fully saturated rings. The number of rotatable bonds is 3. The summed E-state index contributed by atoms with van der Waals surface area (Å²) < 4.78 is 0. The number of primary amides is 1. The lowest BCUT2D eigenvalue weighted by atomic mass is 9.65. The van der Waals surface area contributed by atoms with Gasteiger partial charge in [-0.3, -0.25) is 9.78 Å². The highest BCUT2D eigenvalue weighted by molar-refractivity contribution is 5.86. The molecule has 0 unspecified atom stereocenters. The highest BCUT2D eigenvalue weighted by Crippen LogP contribution is 2.41. The highest BCUT2D eigenvalue weighted by Gasteiger charge is 2.42. The van der Waals surface area contributed by atoms with Crippen LogP contribution in [0.15, 0.2) is 24.5 Å². The molecular weight excluding hydrogens is 313 g/mol. The summed E-state index contributed by atoms with van der Waals surface area (Å²) in [4.78, 5) is 15.9. The van der Waals surface area contributed by atoms with E-state index in [1.165, 1.54) is 0 Å². The van der Waals surface area contributed by atoms with E-state index in [2.05, 4.69) is 4.98 Å². The Bertz CT molecular complexity index is 421. The summed E-state index contributed by atoms with van der Waals surface area (Å²) in [6.07, 6.45) is 6.94. The smallest absolute Gasteiger partial charge is 0.228 e. The Balaban J connectivity index is 0. The predicted molar refractivity (Wildman–Crippen MR) is 88.8 cm³/mol. The van der Waals surface area contributed by atoms with Gasteiger partial charge in [-0.15, -0.1) is 24.8 Å². The highest BCUT2D eigenvalue weighted by atomic mass is 35.5. The maximum atomic E-state index is 11.9. The number of halogens is 2. The van der Waals surface area contributed by atoms with Crippen LogP contribution in [0.5, 0.6) is 0 Å². The number of amides is 1. The van der Waals surface area contributed by atoms with E-state index in [0.717, 1.165) is 31.2 Å². The van der Waals surface area contributed by atoms with Crippen LogP contribution in [0.2, 0.25) is 0 Å². The minimum absolute atomic E-state index is 0. The third-order valence-electron chi connectivity index (χ3n) is 4.33. The van der Waals surface area contributed by atoms with Crippen molar-refractivity contribution in [2.75, 3.05) is 0 Å². The van der Waals surface area contributed by atoms with E-state index in [4.69, 9.17) is 11.5 Å². The molecule has 21 heavy (non-hydrogen) atoms. The van der Waals surface area contributed by atoms with Gasteiger partial charge in [-0.05, 0) is 56.2 Å². The first kappa shape index (κ1) is 22.4. The molecule has 1 saturated carbocycles. The predicted octanol–water partition coefficient (Wildman–Crippen LogP) is 1.36. The van der Waals surface area contributed by atoms with E-state index in [9.17, 15) is 4.79 Å². The van der Waals surface area contributed by atoms with Crippen molar-refractivity contribution < 1.29 is 10.3 Å². The van der Waals surface area contributed by atoms with Crippen molar-refractivity contribution in [3.63, 3.8) is 0 Å². The molecule has 5 nitrogen and oxygen atoms in total. The van der Waals surface area contributed by atoms with Gasteiger partial charge in [0, 0.05) is 18.4 Å². The standard InChI is InChI=1S/C14H21N3O.2ClH.H2O/c1-10(15)11-2-6-14(7-3-11,13(16)18)12-4-8-17-9-5-12;;;/h4-5,8-11H,2-3,6-7,15H2,1H3,(H2,16,18);2*1H;1H2/t10-,11?,14?;;;/m1.../s1. The third kappa shape index (κ3) is 4.54. The molecule has 1 aromatic rings. The van der Waals surface area contributed by atoms with Gasteiger partial charge >= 0.3 is 0 Å². The van der Waals surface area contributed by atoms with E-state index in [0.29, 0.717) is 5.92 Å². The first-order valence-electron chi connectivity index (χ1n) is 6.52. The summed E-state index contributed by atoms with van der Waals surface area (Å²) in [5.41, 5.74) is 12.1. The topological polar surface area (TPSA) is 114 Å². The van der Waals surface area contributed by atoms with Crippen molar-refractivity contribution in [2.24, 2.45) is 17.4 Å². The molecule has 1 aliphatic carbocycles. The first-order valence-corrected chi connectivity index (χ1v) is 6.52. The van der Waals surface area contributed by atoms with Crippen molar-refractivity contribution in [1.82, 2.24) is 4.98 Å². The van der Waals surface area contributed by atoms with Crippen LogP contribution in [-0.4, -0.2) is 22.4 Å². The van der Waals surface area contributed by atoms with Gasteiger partial charge in [-0.1, -0.05) is 0 Å². The maximum absolute atomic E-state index is 11.9. The SMILES string of the molecule is C[C@@H](N)C1CCC(C(N)=O)(c2ccncc2)CC1.Cl.Cl.O. The molecule has 1 aliphatic rings. The Labute approximate surface area is 138 Å². The lowest BCUT2D eigenvalue weighted by Gasteiger charge is -2.39. The second kappa shape index (κ2) is 9.20. The molecule has 0 aliphatic heterocycles. The number of nitrogens with zero attached hydrogens (tertiary/aromatic N) is 1. The Morgan fingerprint density at radius 2 is 1.76 bits per heavy atom. The quantitative estimate of drug-likeness (QED) is 0.867. The number of nitrogens with two attached hydrogens (primary N) is 2. The van der Waals surface area contributed by atoms with Crippen LogP contribution in [0.4, 0.5) is 0 Å². The van der Waals surface area contributed by atoms with Gasteiger partial charge in [0.05, 0.1) is 5.41 Å². The zero-order valence-electron chi connectivity index (χ0n) is 12.1. The summed E-state index contributed by atoms with van der Waals surface area (Å²) in [6, 6.07) is 3.99. The zero-order valence-corrected chi connectivity index (χ0v) is 13.8. The second-order valence-electron chi connectivity index (χ2n) is 5.38. The van der Waals surface area contributed by atoms with Gasteiger partial charge in [0.1, 0.15) is 0 Å². The van der Waals surface area contributed by atoms with E-state index >= 15 is 0 Å². The summed E-state index contributed by atoms with van der Waals surface area (Å²) in [5.74, 6) is 0.274. The van der Waals surface area contributed by atoms with Crippen molar-refractivity contribution >= 4 is 30.7 Å². The van der Waals surface area contributed by atoms with Crippen molar-refractivity contribution in [2.45, 2.75) is 44.1 Å². The molecule has 6 N–H and O–H groups in total. The summed E-state index contributed by atoms with van der Waals surface area (Å²) in [5, 5.41) is 0. The summed E-state index contributed by atoms with van der Waals surface area (Å²) in [7, 11) is 0. The lowest BCUT2D eigenvalue weighted by molar-refractivity contribution is -0.125. The molecule has 7 heteroatoms. The number of hydrogen-bond donors (Lipinski definition) is 2. The van der Waals surface area contributed by atoms with E-state index in [1.807, 2.05) is 19.1 Å². The van der Waals surface area contributed by atoms with E-state index < -0.39 is 5.41 Å². The fraction of sp³-hybridized carbons (Fsp3) is 0.571. The maximum Gasteiger partial charge on any atom is 0.228 e. The average Bonchev–Trinajstić information content (AvgIpc) is 2.39. The number of carbonyl (C=O) groups excluding carboxylic acids is 1. The van der Waals surface area contributed by atoms with Crippen molar-refractivity contribution in [1.29, 1.82) is 0 Å². The molecule has 1 amide bonds. The number of carbonyl (C=O) groups is 1. The molecule has 122 valence electrons.